The molecule has 28 heavy (non-hydrogen) atoms. The predicted octanol–water partition coefficient (Wildman–Crippen LogP) is 2.55. The topological polar surface area (TPSA) is 33.8 Å². The second-order valence-corrected chi connectivity index (χ2v) is 9.46. The lowest BCUT2D eigenvalue weighted by atomic mass is 9.98. The molecular weight excluding hydrogens is 346 g/mol. The third-order valence-corrected chi connectivity index (χ3v) is 6.73. The summed E-state index contributed by atoms with van der Waals surface area (Å²) in [7, 11) is 0. The number of nitrogens with zero attached hydrogens (tertiary/aromatic N) is 3. The summed E-state index contributed by atoms with van der Waals surface area (Å²) in [5, 5.41) is 0. The molecule has 156 valence electrons. The quantitative estimate of drug-likeness (QED) is 0.787. The highest BCUT2D eigenvalue weighted by Gasteiger charge is 2.31. The van der Waals surface area contributed by atoms with Gasteiger partial charge in [-0.05, 0) is 50.3 Å². The van der Waals surface area contributed by atoms with Crippen molar-refractivity contribution in [3.63, 3.8) is 0 Å². The first-order valence-corrected chi connectivity index (χ1v) is 11.4. The number of nitrogens with one attached hydrogen (secondary N) is 2. The van der Waals surface area contributed by atoms with Crippen LogP contribution < -0.4 is 15.8 Å². The van der Waals surface area contributed by atoms with Crippen molar-refractivity contribution in [1.82, 2.24) is 20.7 Å². The molecule has 0 bridgehead atoms. The molecule has 3 atom stereocenters. The highest BCUT2D eigenvalue weighted by Crippen LogP contribution is 2.22. The van der Waals surface area contributed by atoms with Crippen molar-refractivity contribution in [2.24, 2.45) is 5.92 Å². The van der Waals surface area contributed by atoms with Crippen molar-refractivity contribution in [2.45, 2.75) is 57.7 Å². The number of hydrazine groups is 1. The van der Waals surface area contributed by atoms with Gasteiger partial charge in [-0.1, -0.05) is 32.0 Å². The van der Waals surface area contributed by atoms with Gasteiger partial charge in [-0.15, -0.1) is 0 Å². The van der Waals surface area contributed by atoms with Gasteiger partial charge in [-0.25, -0.2) is 0 Å². The molecule has 3 unspecified atom stereocenters. The second kappa shape index (κ2) is 9.57. The largest absolute Gasteiger partial charge is 0.369 e. The molecule has 0 aliphatic carbocycles. The second-order valence-electron chi connectivity index (χ2n) is 9.46. The fourth-order valence-corrected chi connectivity index (χ4v) is 5.33. The van der Waals surface area contributed by atoms with E-state index in [-0.39, 0.29) is 0 Å². The summed E-state index contributed by atoms with van der Waals surface area (Å²) in [6.07, 6.45) is 5.26. The molecular formula is C23H39N5. The molecule has 1 aromatic rings. The zero-order valence-electron chi connectivity index (χ0n) is 17.8. The minimum Gasteiger partial charge on any atom is -0.369 e. The molecule has 3 aliphatic heterocycles. The fraction of sp³-hybridized carbons (Fsp3) is 0.739. The third kappa shape index (κ3) is 5.26. The van der Waals surface area contributed by atoms with Gasteiger partial charge >= 0.3 is 0 Å². The third-order valence-electron chi connectivity index (χ3n) is 6.73. The van der Waals surface area contributed by atoms with Crippen LogP contribution in [0.1, 0.15) is 39.5 Å². The molecule has 5 nitrogen and oxygen atoms in total. The van der Waals surface area contributed by atoms with E-state index in [9.17, 15) is 0 Å². The lowest BCUT2D eigenvalue weighted by molar-refractivity contribution is 0.0876. The summed E-state index contributed by atoms with van der Waals surface area (Å²) in [5.41, 5.74) is 8.47. The highest BCUT2D eigenvalue weighted by molar-refractivity contribution is 5.46. The van der Waals surface area contributed by atoms with Crippen LogP contribution in [-0.4, -0.2) is 73.7 Å². The Bertz CT molecular complexity index is 584. The first-order valence-electron chi connectivity index (χ1n) is 11.4. The molecule has 2 N–H and O–H groups in total. The number of hydrogen-bond donors (Lipinski definition) is 2. The molecule has 4 rings (SSSR count). The van der Waals surface area contributed by atoms with E-state index in [0.717, 1.165) is 25.0 Å². The van der Waals surface area contributed by atoms with Gasteiger partial charge in [0.05, 0.1) is 0 Å². The van der Waals surface area contributed by atoms with Crippen LogP contribution in [0.5, 0.6) is 0 Å². The smallest absolute Gasteiger partial charge is 0.0367 e. The van der Waals surface area contributed by atoms with Gasteiger partial charge in [-0.3, -0.25) is 15.8 Å². The van der Waals surface area contributed by atoms with E-state index in [2.05, 4.69) is 69.7 Å². The van der Waals surface area contributed by atoms with Gasteiger partial charge in [0.1, 0.15) is 0 Å². The van der Waals surface area contributed by atoms with Crippen LogP contribution in [0.15, 0.2) is 30.3 Å². The summed E-state index contributed by atoms with van der Waals surface area (Å²) in [5.74, 6) is 0.770. The molecule has 3 fully saturated rings. The lowest BCUT2D eigenvalue weighted by Crippen LogP contribution is -2.56. The van der Waals surface area contributed by atoms with E-state index in [0.29, 0.717) is 12.1 Å². The first-order chi connectivity index (χ1) is 13.7. The maximum Gasteiger partial charge on any atom is 0.0367 e. The maximum absolute atomic E-state index is 3.57. The molecule has 1 aromatic carbocycles. The van der Waals surface area contributed by atoms with Gasteiger partial charge in [0, 0.05) is 63.1 Å². The van der Waals surface area contributed by atoms with E-state index in [1.165, 1.54) is 64.1 Å². The van der Waals surface area contributed by atoms with Gasteiger partial charge in [0.15, 0.2) is 0 Å². The van der Waals surface area contributed by atoms with Crippen LogP contribution in [0.4, 0.5) is 5.69 Å². The molecule has 3 aliphatic rings. The average Bonchev–Trinajstić information content (AvgIpc) is 3.15. The summed E-state index contributed by atoms with van der Waals surface area (Å²) in [4.78, 5) is 8.02. The predicted molar refractivity (Wildman–Crippen MR) is 118 cm³/mol. The Morgan fingerprint density at radius 3 is 2.46 bits per heavy atom. The number of piperidine rings is 1. The van der Waals surface area contributed by atoms with Gasteiger partial charge in [0.2, 0.25) is 0 Å². The maximum atomic E-state index is 3.57. The van der Waals surface area contributed by atoms with Crippen molar-refractivity contribution >= 4 is 5.69 Å². The Balaban J connectivity index is 1.22. The van der Waals surface area contributed by atoms with Crippen LogP contribution in [0.2, 0.25) is 0 Å². The SMILES string of the molecule is CC(C)CC1CC(CN2CCCC(N3CCN(c4ccccc4)CC3)C2)NN1. The van der Waals surface area contributed by atoms with Crippen LogP contribution in [0, 0.1) is 5.92 Å². The number of para-hydroxylation sites is 1. The van der Waals surface area contributed by atoms with E-state index < -0.39 is 0 Å². The number of piperazine rings is 1. The van der Waals surface area contributed by atoms with E-state index in [4.69, 9.17) is 0 Å². The summed E-state index contributed by atoms with van der Waals surface area (Å²) in [6.45, 7) is 13.1. The number of anilines is 1. The summed E-state index contributed by atoms with van der Waals surface area (Å²) >= 11 is 0. The molecule has 0 radical (unpaired) electrons. The Morgan fingerprint density at radius 2 is 1.71 bits per heavy atom. The van der Waals surface area contributed by atoms with E-state index >= 15 is 0 Å². The Kier molecular flexibility index (Phi) is 6.89. The van der Waals surface area contributed by atoms with Crippen molar-refractivity contribution in [1.29, 1.82) is 0 Å². The van der Waals surface area contributed by atoms with Gasteiger partial charge < -0.3 is 9.80 Å². The minimum absolute atomic E-state index is 0.609. The molecule has 0 aromatic heterocycles. The van der Waals surface area contributed by atoms with Crippen LogP contribution in [0.3, 0.4) is 0 Å². The minimum atomic E-state index is 0.609. The van der Waals surface area contributed by atoms with Crippen molar-refractivity contribution < 1.29 is 0 Å². The Labute approximate surface area is 171 Å². The molecule has 0 spiro atoms. The number of rotatable bonds is 6. The summed E-state index contributed by atoms with van der Waals surface area (Å²) < 4.78 is 0. The summed E-state index contributed by atoms with van der Waals surface area (Å²) in [6, 6.07) is 12.9. The molecule has 0 saturated carbocycles. The van der Waals surface area contributed by atoms with E-state index in [1.54, 1.807) is 0 Å². The first kappa shape index (κ1) is 20.1. The molecule has 3 heterocycles. The van der Waals surface area contributed by atoms with Crippen LogP contribution >= 0.6 is 0 Å². The molecule has 0 amide bonds. The standard InChI is InChI=1S/C23H39N5/c1-19(2)15-20-16-21(25-24-20)17-26-10-6-9-23(18-26)28-13-11-27(12-14-28)22-7-4-3-5-8-22/h3-5,7-8,19-21,23-25H,6,9-18H2,1-2H3. The van der Waals surface area contributed by atoms with Gasteiger partial charge in [0.25, 0.3) is 0 Å². The molecule has 5 heteroatoms. The van der Waals surface area contributed by atoms with Crippen LogP contribution in [-0.2, 0) is 0 Å². The lowest BCUT2D eigenvalue weighted by Gasteiger charge is -2.44. The zero-order valence-corrected chi connectivity index (χ0v) is 17.8. The van der Waals surface area contributed by atoms with E-state index in [1.807, 2.05) is 0 Å². The van der Waals surface area contributed by atoms with Crippen LogP contribution in [0.25, 0.3) is 0 Å². The van der Waals surface area contributed by atoms with Crippen molar-refractivity contribution in [3.8, 4) is 0 Å². The number of hydrogen-bond acceptors (Lipinski definition) is 5. The van der Waals surface area contributed by atoms with Gasteiger partial charge in [-0.2, -0.15) is 0 Å². The Morgan fingerprint density at radius 1 is 0.964 bits per heavy atom. The zero-order chi connectivity index (χ0) is 19.3. The van der Waals surface area contributed by atoms with Crippen molar-refractivity contribution in [2.75, 3.05) is 50.7 Å². The fourth-order valence-electron chi connectivity index (χ4n) is 5.33. The number of benzene rings is 1. The van der Waals surface area contributed by atoms with Crippen molar-refractivity contribution in [3.05, 3.63) is 30.3 Å². The highest BCUT2D eigenvalue weighted by atomic mass is 15.4. The Hall–Kier alpha value is -1.14. The normalized spacial score (nSPS) is 30.2. The monoisotopic (exact) mass is 385 g/mol. The average molecular weight is 386 g/mol. The molecule has 3 saturated heterocycles. The number of likely N-dealkylation sites (tertiary alicyclic amines) is 1.